The van der Waals surface area contributed by atoms with Crippen molar-refractivity contribution < 1.29 is 4.79 Å². The van der Waals surface area contributed by atoms with E-state index in [-0.39, 0.29) is 5.91 Å². The molecule has 0 aromatic heterocycles. The van der Waals surface area contributed by atoms with E-state index in [1.54, 1.807) is 6.08 Å². The van der Waals surface area contributed by atoms with E-state index >= 15 is 0 Å². The van der Waals surface area contributed by atoms with Gasteiger partial charge in [0.1, 0.15) is 0 Å². The molecule has 0 unspecified atom stereocenters. The van der Waals surface area contributed by atoms with E-state index in [0.29, 0.717) is 12.0 Å². The molecule has 0 saturated heterocycles. The van der Waals surface area contributed by atoms with Gasteiger partial charge in [-0.1, -0.05) is 25.2 Å². The summed E-state index contributed by atoms with van der Waals surface area (Å²) in [6.45, 7) is 3.87. The summed E-state index contributed by atoms with van der Waals surface area (Å²) in [6, 6.07) is 0. The summed E-state index contributed by atoms with van der Waals surface area (Å²) in [7, 11) is 0. The van der Waals surface area contributed by atoms with Gasteiger partial charge in [0.15, 0.2) is 0 Å². The van der Waals surface area contributed by atoms with Gasteiger partial charge in [-0.25, -0.2) is 0 Å². The van der Waals surface area contributed by atoms with Crippen LogP contribution in [0.3, 0.4) is 0 Å². The van der Waals surface area contributed by atoms with Crippen LogP contribution < -0.4 is 5.73 Å². The molecule has 0 aromatic carbocycles. The van der Waals surface area contributed by atoms with E-state index in [1.807, 2.05) is 19.1 Å². The van der Waals surface area contributed by atoms with Gasteiger partial charge in [0.2, 0.25) is 5.91 Å². The molecule has 0 bridgehead atoms. The van der Waals surface area contributed by atoms with Crippen LogP contribution in [0.2, 0.25) is 0 Å². The van der Waals surface area contributed by atoms with Crippen LogP contribution in [0, 0.1) is 0 Å². The van der Waals surface area contributed by atoms with Crippen LogP contribution in [-0.2, 0) is 4.79 Å². The Hall–Kier alpha value is -1.05. The second-order valence-electron chi connectivity index (χ2n) is 2.26. The quantitative estimate of drug-likeness (QED) is 0.485. The highest BCUT2D eigenvalue weighted by molar-refractivity contribution is 5.92. The van der Waals surface area contributed by atoms with E-state index in [4.69, 9.17) is 5.73 Å². The smallest absolute Gasteiger partial charge is 0.244 e. The molecule has 0 fully saturated rings. The third kappa shape index (κ3) is 4.37. The van der Waals surface area contributed by atoms with Crippen molar-refractivity contribution in [2.75, 3.05) is 0 Å². The van der Waals surface area contributed by atoms with Gasteiger partial charge in [0.25, 0.3) is 0 Å². The minimum absolute atomic E-state index is 0.326. The molecule has 0 aliphatic rings. The van der Waals surface area contributed by atoms with Gasteiger partial charge in [0.05, 0.1) is 0 Å². The van der Waals surface area contributed by atoms with Crippen LogP contribution in [0.5, 0.6) is 0 Å². The SMILES string of the molecule is C/C=C(/C/C=C\CC)C(N)=O. The average molecular weight is 153 g/mol. The predicted octanol–water partition coefficient (Wildman–Crippen LogP) is 1.77. The Morgan fingerprint density at radius 3 is 2.45 bits per heavy atom. The zero-order valence-corrected chi connectivity index (χ0v) is 7.13. The van der Waals surface area contributed by atoms with E-state index in [1.165, 1.54) is 0 Å². The standard InChI is InChI=1S/C9H15NO/c1-3-5-6-7-8(4-2)9(10)11/h4-6H,3,7H2,1-2H3,(H2,10,11)/b6-5-,8-4-. The lowest BCUT2D eigenvalue weighted by Crippen LogP contribution is -2.13. The molecule has 2 N–H and O–H groups in total. The first-order valence-electron chi connectivity index (χ1n) is 3.82. The maximum atomic E-state index is 10.6. The molecule has 11 heavy (non-hydrogen) atoms. The van der Waals surface area contributed by atoms with Gasteiger partial charge >= 0.3 is 0 Å². The zero-order valence-electron chi connectivity index (χ0n) is 7.13. The molecule has 0 heterocycles. The lowest BCUT2D eigenvalue weighted by Gasteiger charge is -1.95. The molecular weight excluding hydrogens is 138 g/mol. The summed E-state index contributed by atoms with van der Waals surface area (Å²) >= 11 is 0. The lowest BCUT2D eigenvalue weighted by molar-refractivity contribution is -0.114. The summed E-state index contributed by atoms with van der Waals surface area (Å²) in [4.78, 5) is 10.6. The van der Waals surface area contributed by atoms with Gasteiger partial charge in [-0.2, -0.15) is 0 Å². The first-order chi connectivity index (χ1) is 5.22. The van der Waals surface area contributed by atoms with Crippen LogP contribution in [-0.4, -0.2) is 5.91 Å². The normalized spacial score (nSPS) is 12.4. The van der Waals surface area contributed by atoms with Gasteiger partial charge < -0.3 is 5.73 Å². The number of carbonyl (C=O) groups is 1. The molecule has 0 rings (SSSR count). The van der Waals surface area contributed by atoms with Crippen molar-refractivity contribution in [2.24, 2.45) is 5.73 Å². The average Bonchev–Trinajstić information content (AvgIpc) is 1.97. The second kappa shape index (κ2) is 5.71. The van der Waals surface area contributed by atoms with E-state index < -0.39 is 0 Å². The van der Waals surface area contributed by atoms with Crippen LogP contribution >= 0.6 is 0 Å². The fraction of sp³-hybridized carbons (Fsp3) is 0.444. The molecular formula is C9H15NO. The largest absolute Gasteiger partial charge is 0.366 e. The Morgan fingerprint density at radius 1 is 1.45 bits per heavy atom. The highest BCUT2D eigenvalue weighted by Crippen LogP contribution is 2.01. The van der Waals surface area contributed by atoms with Crippen molar-refractivity contribution >= 4 is 5.91 Å². The van der Waals surface area contributed by atoms with Crippen molar-refractivity contribution in [3.63, 3.8) is 0 Å². The number of amides is 1. The summed E-state index contributed by atoms with van der Waals surface area (Å²) in [5, 5.41) is 0. The number of hydrogen-bond donors (Lipinski definition) is 1. The molecule has 0 aliphatic heterocycles. The Bertz CT molecular complexity index is 180. The van der Waals surface area contributed by atoms with Crippen molar-refractivity contribution in [3.05, 3.63) is 23.8 Å². The first-order valence-corrected chi connectivity index (χ1v) is 3.82. The maximum Gasteiger partial charge on any atom is 0.244 e. The van der Waals surface area contributed by atoms with Crippen molar-refractivity contribution in [1.82, 2.24) is 0 Å². The Morgan fingerprint density at radius 2 is 2.09 bits per heavy atom. The first kappa shape index (κ1) is 9.95. The minimum atomic E-state index is -0.326. The zero-order chi connectivity index (χ0) is 8.69. The number of nitrogens with two attached hydrogens (primary N) is 1. The molecule has 0 aliphatic carbocycles. The van der Waals surface area contributed by atoms with E-state index in [0.717, 1.165) is 6.42 Å². The third-order valence-electron chi connectivity index (χ3n) is 1.41. The van der Waals surface area contributed by atoms with Crippen LogP contribution in [0.15, 0.2) is 23.8 Å². The Labute approximate surface area is 67.8 Å². The summed E-state index contributed by atoms with van der Waals surface area (Å²) in [5.41, 5.74) is 5.76. The van der Waals surface area contributed by atoms with Crippen LogP contribution in [0.4, 0.5) is 0 Å². The molecule has 0 radical (unpaired) electrons. The van der Waals surface area contributed by atoms with Gasteiger partial charge in [0, 0.05) is 5.57 Å². The Balaban J connectivity index is 3.91. The van der Waals surface area contributed by atoms with Gasteiger partial charge in [-0.3, -0.25) is 4.79 Å². The molecule has 0 spiro atoms. The number of allylic oxidation sites excluding steroid dienone is 3. The summed E-state index contributed by atoms with van der Waals surface area (Å²) in [6.07, 6.45) is 7.38. The van der Waals surface area contributed by atoms with Crippen LogP contribution in [0.1, 0.15) is 26.7 Å². The molecule has 0 atom stereocenters. The molecule has 0 aromatic rings. The molecule has 0 saturated carbocycles. The fourth-order valence-corrected chi connectivity index (χ4v) is 0.738. The third-order valence-corrected chi connectivity index (χ3v) is 1.41. The van der Waals surface area contributed by atoms with Crippen molar-refractivity contribution in [3.8, 4) is 0 Å². The Kier molecular flexibility index (Phi) is 5.17. The number of rotatable bonds is 4. The second-order valence-corrected chi connectivity index (χ2v) is 2.26. The molecule has 1 amide bonds. The highest BCUT2D eigenvalue weighted by atomic mass is 16.1. The summed E-state index contributed by atoms with van der Waals surface area (Å²) < 4.78 is 0. The molecule has 2 heteroatoms. The predicted molar refractivity (Wildman–Crippen MR) is 47.0 cm³/mol. The number of primary amides is 1. The fourth-order valence-electron chi connectivity index (χ4n) is 0.738. The van der Waals surface area contributed by atoms with Gasteiger partial charge in [-0.05, 0) is 19.8 Å². The topological polar surface area (TPSA) is 43.1 Å². The number of hydrogen-bond acceptors (Lipinski definition) is 1. The highest BCUT2D eigenvalue weighted by Gasteiger charge is 1.98. The summed E-state index contributed by atoms with van der Waals surface area (Å²) in [5.74, 6) is -0.326. The van der Waals surface area contributed by atoms with E-state index in [9.17, 15) is 4.79 Å². The lowest BCUT2D eigenvalue weighted by atomic mass is 10.1. The van der Waals surface area contributed by atoms with E-state index in [2.05, 4.69) is 6.92 Å². The molecule has 2 nitrogen and oxygen atoms in total. The number of carbonyl (C=O) groups excluding carboxylic acids is 1. The monoisotopic (exact) mass is 153 g/mol. The molecule has 62 valence electrons. The van der Waals surface area contributed by atoms with Gasteiger partial charge in [-0.15, -0.1) is 0 Å². The van der Waals surface area contributed by atoms with Crippen molar-refractivity contribution in [2.45, 2.75) is 26.7 Å². The maximum absolute atomic E-state index is 10.6. The minimum Gasteiger partial charge on any atom is -0.366 e. The van der Waals surface area contributed by atoms with Crippen LogP contribution in [0.25, 0.3) is 0 Å². The van der Waals surface area contributed by atoms with Crippen molar-refractivity contribution in [1.29, 1.82) is 0 Å².